The molecule has 1 atom stereocenters. The molecule has 2 N–H and O–H groups in total. The molecule has 0 aliphatic carbocycles. The van der Waals surface area contributed by atoms with Gasteiger partial charge in [0, 0.05) is 43.2 Å². The minimum absolute atomic E-state index is 0.0550. The molecule has 0 aromatic carbocycles. The lowest BCUT2D eigenvalue weighted by Crippen LogP contribution is -2.36. The van der Waals surface area contributed by atoms with Crippen LogP contribution in [0, 0.1) is 24.7 Å². The van der Waals surface area contributed by atoms with Crippen LogP contribution in [0.1, 0.15) is 59.3 Å². The molecule has 0 aromatic heterocycles. The highest BCUT2D eigenvalue weighted by Gasteiger charge is 2.11. The predicted molar refractivity (Wildman–Crippen MR) is 114 cm³/mol. The second kappa shape index (κ2) is 16.7. The maximum Gasteiger partial charge on any atom is 0.246 e. The summed E-state index contributed by atoms with van der Waals surface area (Å²) >= 11 is 0. The van der Waals surface area contributed by atoms with Crippen molar-refractivity contribution in [3.63, 3.8) is 0 Å². The SMILES string of the molecule is C#CCC/C=C(\C)C(=O)NCCOCCC(CC)NC(=O)/C(C)=C/CCC#C. The van der Waals surface area contributed by atoms with Crippen LogP contribution in [-0.4, -0.2) is 37.6 Å². The molecule has 0 heterocycles. The molecule has 0 radical (unpaired) electrons. The summed E-state index contributed by atoms with van der Waals surface area (Å²) in [6, 6.07) is 0.0550. The van der Waals surface area contributed by atoms with Crippen molar-refractivity contribution in [2.45, 2.75) is 65.3 Å². The Bertz CT molecular complexity index is 621. The van der Waals surface area contributed by atoms with Gasteiger partial charge in [0.05, 0.1) is 6.61 Å². The summed E-state index contributed by atoms with van der Waals surface area (Å²) in [6.45, 7) is 6.98. The third-order valence-corrected chi connectivity index (χ3v) is 4.17. The van der Waals surface area contributed by atoms with E-state index in [4.69, 9.17) is 17.6 Å². The third kappa shape index (κ3) is 12.8. The normalized spacial score (nSPS) is 12.6. The number of hydrogen-bond acceptors (Lipinski definition) is 3. The van der Waals surface area contributed by atoms with Gasteiger partial charge in [0.1, 0.15) is 0 Å². The lowest BCUT2D eigenvalue weighted by atomic mass is 10.1. The molecule has 0 spiro atoms. The molecule has 0 aliphatic rings. The van der Waals surface area contributed by atoms with E-state index in [1.165, 1.54) is 0 Å². The van der Waals surface area contributed by atoms with Crippen LogP contribution in [-0.2, 0) is 14.3 Å². The number of ether oxygens (including phenoxy) is 1. The molecule has 0 saturated heterocycles. The topological polar surface area (TPSA) is 67.4 Å². The summed E-state index contributed by atoms with van der Waals surface area (Å²) in [5.41, 5.74) is 1.35. The number of allylic oxidation sites excluding steroid dienone is 2. The average Bonchev–Trinajstić information content (AvgIpc) is 2.69. The molecule has 0 aliphatic heterocycles. The van der Waals surface area contributed by atoms with Crippen molar-refractivity contribution in [2.75, 3.05) is 19.8 Å². The number of hydrogen-bond donors (Lipinski definition) is 2. The van der Waals surface area contributed by atoms with Crippen molar-refractivity contribution in [2.24, 2.45) is 0 Å². The van der Waals surface area contributed by atoms with Crippen LogP contribution in [0.5, 0.6) is 0 Å². The minimum atomic E-state index is -0.105. The first-order valence-corrected chi connectivity index (χ1v) is 9.83. The van der Waals surface area contributed by atoms with E-state index in [0.717, 1.165) is 12.8 Å². The van der Waals surface area contributed by atoms with Gasteiger partial charge in [0.2, 0.25) is 11.8 Å². The zero-order valence-electron chi connectivity index (χ0n) is 17.5. The third-order valence-electron chi connectivity index (χ3n) is 4.17. The van der Waals surface area contributed by atoms with Gasteiger partial charge in [0.25, 0.3) is 0 Å². The first-order valence-electron chi connectivity index (χ1n) is 9.83. The van der Waals surface area contributed by atoms with E-state index in [1.54, 1.807) is 13.8 Å². The Hall–Kier alpha value is -2.50. The first-order chi connectivity index (χ1) is 13.5. The fraction of sp³-hybridized carbons (Fsp3) is 0.565. The van der Waals surface area contributed by atoms with Crippen molar-refractivity contribution in [3.05, 3.63) is 23.3 Å². The Morgan fingerprint density at radius 3 is 2.11 bits per heavy atom. The van der Waals surface area contributed by atoms with Crippen LogP contribution in [0.25, 0.3) is 0 Å². The van der Waals surface area contributed by atoms with Gasteiger partial charge in [-0.25, -0.2) is 0 Å². The molecule has 0 aromatic rings. The molecule has 2 amide bonds. The average molecular weight is 387 g/mol. The Balaban J connectivity index is 4.02. The predicted octanol–water partition coefficient (Wildman–Crippen LogP) is 3.12. The van der Waals surface area contributed by atoms with Gasteiger partial charge in [-0.2, -0.15) is 0 Å². The highest BCUT2D eigenvalue weighted by molar-refractivity contribution is 5.93. The molecular weight excluding hydrogens is 352 g/mol. The van der Waals surface area contributed by atoms with Gasteiger partial charge >= 0.3 is 0 Å². The van der Waals surface area contributed by atoms with E-state index >= 15 is 0 Å². The van der Waals surface area contributed by atoms with Crippen molar-refractivity contribution in [1.82, 2.24) is 10.6 Å². The summed E-state index contributed by atoms with van der Waals surface area (Å²) in [5, 5.41) is 5.82. The molecule has 1 unspecified atom stereocenters. The largest absolute Gasteiger partial charge is 0.380 e. The van der Waals surface area contributed by atoms with Gasteiger partial charge in [0.15, 0.2) is 0 Å². The Kier molecular flexibility index (Phi) is 15.2. The molecule has 5 heteroatoms. The molecule has 0 saturated carbocycles. The molecule has 0 fully saturated rings. The van der Waals surface area contributed by atoms with Gasteiger partial charge in [-0.1, -0.05) is 19.1 Å². The highest BCUT2D eigenvalue weighted by Crippen LogP contribution is 2.03. The van der Waals surface area contributed by atoms with E-state index in [-0.39, 0.29) is 17.9 Å². The number of unbranched alkanes of at least 4 members (excludes halogenated alkanes) is 2. The van der Waals surface area contributed by atoms with E-state index in [9.17, 15) is 9.59 Å². The van der Waals surface area contributed by atoms with Crippen molar-refractivity contribution in [3.8, 4) is 24.7 Å². The second-order valence-electron chi connectivity index (χ2n) is 6.50. The lowest BCUT2D eigenvalue weighted by Gasteiger charge is -2.17. The highest BCUT2D eigenvalue weighted by atomic mass is 16.5. The summed E-state index contributed by atoms with van der Waals surface area (Å²) in [7, 11) is 0. The fourth-order valence-corrected chi connectivity index (χ4v) is 2.31. The Labute approximate surface area is 170 Å². The maximum atomic E-state index is 12.1. The molecular formula is C23H34N2O3. The summed E-state index contributed by atoms with van der Waals surface area (Å²) < 4.78 is 5.57. The Morgan fingerprint density at radius 2 is 1.57 bits per heavy atom. The number of amides is 2. The van der Waals surface area contributed by atoms with E-state index in [1.807, 2.05) is 19.1 Å². The van der Waals surface area contributed by atoms with Gasteiger partial charge in [-0.15, -0.1) is 24.7 Å². The van der Waals surface area contributed by atoms with Gasteiger partial charge < -0.3 is 15.4 Å². The number of rotatable bonds is 14. The zero-order chi connectivity index (χ0) is 21.2. The number of carbonyl (C=O) groups excluding carboxylic acids is 2. The smallest absolute Gasteiger partial charge is 0.246 e. The molecule has 28 heavy (non-hydrogen) atoms. The summed E-state index contributed by atoms with van der Waals surface area (Å²) in [6.07, 6.45) is 18.3. The van der Waals surface area contributed by atoms with Crippen LogP contribution in [0.2, 0.25) is 0 Å². The van der Waals surface area contributed by atoms with Crippen molar-refractivity contribution >= 4 is 11.8 Å². The Morgan fingerprint density at radius 1 is 1.00 bits per heavy atom. The van der Waals surface area contributed by atoms with E-state index in [0.29, 0.717) is 56.6 Å². The minimum Gasteiger partial charge on any atom is -0.380 e. The van der Waals surface area contributed by atoms with Crippen molar-refractivity contribution in [1.29, 1.82) is 0 Å². The second-order valence-corrected chi connectivity index (χ2v) is 6.50. The van der Waals surface area contributed by atoms with E-state index in [2.05, 4.69) is 22.5 Å². The zero-order valence-corrected chi connectivity index (χ0v) is 17.5. The van der Waals surface area contributed by atoms with Crippen LogP contribution in [0.3, 0.4) is 0 Å². The fourth-order valence-electron chi connectivity index (χ4n) is 2.31. The summed E-state index contributed by atoms with van der Waals surface area (Å²) in [4.78, 5) is 24.0. The van der Waals surface area contributed by atoms with Crippen LogP contribution in [0.4, 0.5) is 0 Å². The first kappa shape index (κ1) is 25.5. The van der Waals surface area contributed by atoms with Crippen LogP contribution >= 0.6 is 0 Å². The van der Waals surface area contributed by atoms with Crippen LogP contribution < -0.4 is 10.6 Å². The lowest BCUT2D eigenvalue weighted by molar-refractivity contribution is -0.119. The van der Waals surface area contributed by atoms with Crippen LogP contribution in [0.15, 0.2) is 23.3 Å². The van der Waals surface area contributed by atoms with Gasteiger partial charge in [-0.05, 0) is 39.5 Å². The number of carbonyl (C=O) groups is 2. The molecule has 0 rings (SSSR count). The number of terminal acetylenes is 2. The number of nitrogens with one attached hydrogen (secondary N) is 2. The summed E-state index contributed by atoms with van der Waals surface area (Å²) in [5.74, 6) is 4.92. The van der Waals surface area contributed by atoms with Gasteiger partial charge in [-0.3, -0.25) is 9.59 Å². The molecule has 5 nitrogen and oxygen atoms in total. The maximum absolute atomic E-state index is 12.1. The quantitative estimate of drug-likeness (QED) is 0.274. The molecule has 154 valence electrons. The molecule has 0 bridgehead atoms. The monoisotopic (exact) mass is 386 g/mol. The van der Waals surface area contributed by atoms with Crippen molar-refractivity contribution < 1.29 is 14.3 Å². The standard InChI is InChI=1S/C23H34N2O3/c1-6-9-11-13-19(4)22(26)24-16-18-28-17-15-21(8-3)25-23(27)20(5)14-12-10-7-2/h1-2,13-14,21H,8-12,15-18H2,3-5H3,(H,24,26)(H,25,27)/b19-13+,20-14+. The van der Waals surface area contributed by atoms with E-state index < -0.39 is 0 Å².